The smallest absolute Gasteiger partial charge is 0.262 e. The number of hydrogen-bond donors (Lipinski definition) is 1. The van der Waals surface area contributed by atoms with Crippen LogP contribution in [0, 0.1) is 0 Å². The van der Waals surface area contributed by atoms with Crippen LogP contribution in [0.15, 0.2) is 65.7 Å². The monoisotopic (exact) mass is 440 g/mol. The summed E-state index contributed by atoms with van der Waals surface area (Å²) in [6, 6.07) is 14.7. The number of nitrogens with one attached hydrogen (secondary N) is 1. The van der Waals surface area contributed by atoms with Gasteiger partial charge in [-0.3, -0.25) is 4.72 Å². The van der Waals surface area contributed by atoms with E-state index in [9.17, 15) is 8.42 Å². The van der Waals surface area contributed by atoms with Gasteiger partial charge in [-0.25, -0.2) is 17.9 Å². The van der Waals surface area contributed by atoms with E-state index in [1.165, 1.54) is 33.5 Å². The van der Waals surface area contributed by atoms with Gasteiger partial charge in [-0.1, -0.05) is 0 Å². The van der Waals surface area contributed by atoms with E-state index in [-0.39, 0.29) is 4.90 Å². The van der Waals surface area contributed by atoms with Crippen LogP contribution in [0.5, 0.6) is 17.4 Å². The highest BCUT2D eigenvalue weighted by Crippen LogP contribution is 2.32. The number of nitrogens with zero attached hydrogens (tertiary/aromatic N) is 3. The first kappa shape index (κ1) is 20.5. The van der Waals surface area contributed by atoms with Crippen molar-refractivity contribution in [1.82, 2.24) is 14.6 Å². The highest BCUT2D eigenvalue weighted by Gasteiger charge is 2.18. The quantitative estimate of drug-likeness (QED) is 0.470. The molecule has 0 fully saturated rings. The average molecular weight is 440 g/mol. The molecule has 160 valence electrons. The molecule has 0 unspecified atom stereocenters. The van der Waals surface area contributed by atoms with Crippen molar-refractivity contribution in [1.29, 1.82) is 0 Å². The van der Waals surface area contributed by atoms with Crippen molar-refractivity contribution < 1.29 is 22.6 Å². The Morgan fingerprint density at radius 3 is 2.35 bits per heavy atom. The number of sulfonamides is 1. The molecule has 2 aromatic carbocycles. The minimum Gasteiger partial charge on any atom is -0.497 e. The number of benzene rings is 2. The van der Waals surface area contributed by atoms with Crippen molar-refractivity contribution in [2.45, 2.75) is 4.90 Å². The third kappa shape index (κ3) is 4.10. The van der Waals surface area contributed by atoms with E-state index in [1.807, 2.05) is 0 Å². The third-order valence-corrected chi connectivity index (χ3v) is 6.00. The molecule has 2 aromatic heterocycles. The molecule has 0 atom stereocenters. The lowest BCUT2D eigenvalue weighted by Gasteiger charge is -2.13. The summed E-state index contributed by atoms with van der Waals surface area (Å²) < 4.78 is 45.5. The van der Waals surface area contributed by atoms with E-state index >= 15 is 0 Å². The summed E-state index contributed by atoms with van der Waals surface area (Å²) >= 11 is 0. The summed E-state index contributed by atoms with van der Waals surface area (Å²) in [7, 11) is 0.685. The zero-order valence-electron chi connectivity index (χ0n) is 17.1. The Hall–Kier alpha value is -3.79. The first-order chi connectivity index (χ1) is 14.9. The van der Waals surface area contributed by atoms with Gasteiger partial charge < -0.3 is 14.2 Å². The van der Waals surface area contributed by atoms with Crippen molar-refractivity contribution in [3.05, 3.63) is 60.8 Å². The van der Waals surface area contributed by atoms with E-state index in [4.69, 9.17) is 14.2 Å². The molecule has 10 heteroatoms. The molecule has 0 amide bonds. The van der Waals surface area contributed by atoms with Crippen LogP contribution in [0.25, 0.3) is 16.9 Å². The molecule has 9 nitrogen and oxygen atoms in total. The predicted octanol–water partition coefficient (Wildman–Crippen LogP) is 3.22. The van der Waals surface area contributed by atoms with Gasteiger partial charge in [0, 0.05) is 11.6 Å². The van der Waals surface area contributed by atoms with E-state index in [0.717, 1.165) is 0 Å². The fraction of sp³-hybridized carbons (Fsp3) is 0.143. The van der Waals surface area contributed by atoms with E-state index in [1.54, 1.807) is 53.2 Å². The van der Waals surface area contributed by atoms with Crippen LogP contribution >= 0.6 is 0 Å². The fourth-order valence-corrected chi connectivity index (χ4v) is 4.08. The van der Waals surface area contributed by atoms with Crippen molar-refractivity contribution in [2.24, 2.45) is 0 Å². The van der Waals surface area contributed by atoms with Crippen molar-refractivity contribution >= 4 is 21.4 Å². The van der Waals surface area contributed by atoms with Crippen LogP contribution in [-0.4, -0.2) is 44.3 Å². The molecule has 31 heavy (non-hydrogen) atoms. The Bertz CT molecular complexity index is 1330. The number of ether oxygens (including phenoxy) is 3. The Labute approximate surface area is 179 Å². The highest BCUT2D eigenvalue weighted by molar-refractivity contribution is 7.92. The topological polar surface area (TPSA) is 104 Å². The minimum absolute atomic E-state index is 0.102. The third-order valence-electron chi connectivity index (χ3n) is 4.61. The second-order valence-corrected chi connectivity index (χ2v) is 8.18. The van der Waals surface area contributed by atoms with Crippen LogP contribution in [0.1, 0.15) is 0 Å². The Kier molecular flexibility index (Phi) is 5.38. The largest absolute Gasteiger partial charge is 0.497 e. The molecule has 0 bridgehead atoms. The van der Waals surface area contributed by atoms with Crippen molar-refractivity contribution in [3.63, 3.8) is 0 Å². The zero-order chi connectivity index (χ0) is 22.0. The maximum atomic E-state index is 12.9. The van der Waals surface area contributed by atoms with Gasteiger partial charge in [0.2, 0.25) is 5.88 Å². The Morgan fingerprint density at radius 1 is 0.903 bits per heavy atom. The molecule has 4 aromatic rings. The van der Waals surface area contributed by atoms with Gasteiger partial charge in [-0.2, -0.15) is 0 Å². The van der Waals surface area contributed by atoms with E-state index in [2.05, 4.69) is 14.8 Å². The normalized spacial score (nSPS) is 11.3. The van der Waals surface area contributed by atoms with Gasteiger partial charge in [0.05, 0.1) is 43.8 Å². The lowest BCUT2D eigenvalue weighted by molar-refractivity contribution is 0.390. The maximum Gasteiger partial charge on any atom is 0.262 e. The van der Waals surface area contributed by atoms with Crippen LogP contribution in [0.4, 0.5) is 5.69 Å². The SMILES string of the molecule is COc1ccc(S(=O)(=O)Nc2cc(-c3cn4nc(OC)ccc4n3)ccc2OC)cc1. The Balaban J connectivity index is 1.70. The summed E-state index contributed by atoms with van der Waals surface area (Å²) in [5.41, 5.74) is 2.23. The molecule has 0 spiro atoms. The molecule has 0 aliphatic rings. The van der Waals surface area contributed by atoms with Crippen LogP contribution in [0.3, 0.4) is 0 Å². The van der Waals surface area contributed by atoms with Crippen LogP contribution in [0.2, 0.25) is 0 Å². The molecule has 0 saturated carbocycles. The summed E-state index contributed by atoms with van der Waals surface area (Å²) in [6.45, 7) is 0. The summed E-state index contributed by atoms with van der Waals surface area (Å²) in [5.74, 6) is 1.40. The van der Waals surface area contributed by atoms with Crippen molar-refractivity contribution in [2.75, 3.05) is 26.1 Å². The second kappa shape index (κ2) is 8.15. The first-order valence-electron chi connectivity index (χ1n) is 9.19. The average Bonchev–Trinajstić information content (AvgIpc) is 3.22. The number of methoxy groups -OCH3 is 3. The molecule has 4 rings (SSSR count). The Morgan fingerprint density at radius 2 is 1.68 bits per heavy atom. The zero-order valence-corrected chi connectivity index (χ0v) is 17.9. The number of fused-ring (bicyclic) bond motifs is 1. The van der Waals surface area contributed by atoms with E-state index < -0.39 is 10.0 Å². The molecular formula is C21H20N4O5S. The highest BCUT2D eigenvalue weighted by atomic mass is 32.2. The van der Waals surface area contributed by atoms with Gasteiger partial charge >= 0.3 is 0 Å². The van der Waals surface area contributed by atoms with E-state index in [0.29, 0.717) is 40.0 Å². The molecular weight excluding hydrogens is 420 g/mol. The molecule has 2 heterocycles. The van der Waals surface area contributed by atoms with Crippen molar-refractivity contribution in [3.8, 4) is 28.6 Å². The lowest BCUT2D eigenvalue weighted by atomic mass is 10.1. The predicted molar refractivity (Wildman–Crippen MR) is 115 cm³/mol. The lowest BCUT2D eigenvalue weighted by Crippen LogP contribution is -2.13. The van der Waals surface area contributed by atoms with Gasteiger partial charge in [-0.15, -0.1) is 5.10 Å². The molecule has 0 saturated heterocycles. The van der Waals surface area contributed by atoms with Crippen LogP contribution in [-0.2, 0) is 10.0 Å². The summed E-state index contributed by atoms with van der Waals surface area (Å²) in [6.07, 6.45) is 1.74. The van der Waals surface area contributed by atoms with Gasteiger partial charge in [-0.05, 0) is 48.5 Å². The molecule has 1 N–H and O–H groups in total. The second-order valence-electron chi connectivity index (χ2n) is 6.50. The number of hydrogen-bond acceptors (Lipinski definition) is 7. The minimum atomic E-state index is -3.84. The fourth-order valence-electron chi connectivity index (χ4n) is 3.02. The van der Waals surface area contributed by atoms with Gasteiger partial charge in [0.25, 0.3) is 10.0 Å². The summed E-state index contributed by atoms with van der Waals surface area (Å²) in [4.78, 5) is 4.64. The summed E-state index contributed by atoms with van der Waals surface area (Å²) in [5, 5.41) is 4.29. The molecule has 0 aliphatic carbocycles. The maximum absolute atomic E-state index is 12.9. The molecule has 0 radical (unpaired) electrons. The van der Waals surface area contributed by atoms with Gasteiger partial charge in [0.1, 0.15) is 11.5 Å². The first-order valence-corrected chi connectivity index (χ1v) is 10.7. The number of imidazole rings is 1. The standard InChI is InChI=1S/C21H20N4O5S/c1-28-15-5-7-16(8-6-15)31(26,27)24-17-12-14(4-9-19(17)29-2)18-13-25-20(22-18)10-11-21(23-25)30-3/h4-13,24H,1-3H3. The molecule has 0 aliphatic heterocycles. The van der Waals surface area contributed by atoms with Crippen LogP contribution < -0.4 is 18.9 Å². The number of aromatic nitrogens is 3. The number of anilines is 1. The number of rotatable bonds is 7. The van der Waals surface area contributed by atoms with Gasteiger partial charge in [0.15, 0.2) is 5.65 Å².